The van der Waals surface area contributed by atoms with Crippen LogP contribution in [0.3, 0.4) is 0 Å². The van der Waals surface area contributed by atoms with Gasteiger partial charge in [-0.2, -0.15) is 0 Å². The van der Waals surface area contributed by atoms with E-state index in [2.05, 4.69) is 0 Å². The lowest BCUT2D eigenvalue weighted by molar-refractivity contribution is 0.149. The minimum Gasteiger partial charge on any atom is -0.490 e. The molecule has 104 valence electrons. The maximum Gasteiger partial charge on any atom is 0.264 e. The van der Waals surface area contributed by atoms with E-state index in [1.807, 2.05) is 0 Å². The molecule has 5 heteroatoms. The van der Waals surface area contributed by atoms with Gasteiger partial charge in [0.1, 0.15) is 0 Å². The lowest BCUT2D eigenvalue weighted by Gasteiger charge is -2.16. The van der Waals surface area contributed by atoms with Crippen LogP contribution in [0.15, 0.2) is 12.1 Å². The summed E-state index contributed by atoms with van der Waals surface area (Å²) in [5, 5.41) is 0. The first-order valence-corrected chi connectivity index (χ1v) is 6.57. The molecule has 1 fully saturated rings. The first-order chi connectivity index (χ1) is 9.07. The van der Waals surface area contributed by atoms with Gasteiger partial charge in [0.25, 0.3) is 6.43 Å². The van der Waals surface area contributed by atoms with Gasteiger partial charge in [-0.05, 0) is 37.0 Å². The van der Waals surface area contributed by atoms with E-state index in [4.69, 9.17) is 15.2 Å². The molecular weight excluding hydrogens is 252 g/mol. The average molecular weight is 269 g/mol. The highest BCUT2D eigenvalue weighted by molar-refractivity contribution is 5.49. The van der Waals surface area contributed by atoms with Gasteiger partial charge in [-0.1, -0.05) is 0 Å². The normalized spacial score (nSPS) is 20.2. The van der Waals surface area contributed by atoms with Gasteiger partial charge >= 0.3 is 0 Å². The molecule has 1 heterocycles. The zero-order valence-electron chi connectivity index (χ0n) is 10.6. The first kappa shape index (κ1) is 12.7. The van der Waals surface area contributed by atoms with Crippen molar-refractivity contribution in [3.05, 3.63) is 23.3 Å². The van der Waals surface area contributed by atoms with Crippen molar-refractivity contribution in [2.75, 3.05) is 13.2 Å². The molecule has 2 aliphatic rings. The Labute approximate surface area is 110 Å². The summed E-state index contributed by atoms with van der Waals surface area (Å²) in [6, 6.07) is 3.08. The largest absolute Gasteiger partial charge is 0.490 e. The molecule has 3 nitrogen and oxygen atoms in total. The molecule has 1 aliphatic heterocycles. The van der Waals surface area contributed by atoms with E-state index in [1.54, 1.807) is 6.07 Å². The van der Waals surface area contributed by atoms with Gasteiger partial charge in [0.15, 0.2) is 11.5 Å². The number of fused-ring (bicyclic) bond motifs is 1. The number of hydrogen-bond donors (Lipinski definition) is 1. The number of benzene rings is 1. The predicted octanol–water partition coefficient (Wildman–Crippen LogP) is 2.82. The summed E-state index contributed by atoms with van der Waals surface area (Å²) in [7, 11) is 0. The van der Waals surface area contributed by atoms with Crippen molar-refractivity contribution in [2.24, 2.45) is 5.73 Å². The Morgan fingerprint density at radius 3 is 2.37 bits per heavy atom. The van der Waals surface area contributed by atoms with Crippen molar-refractivity contribution in [1.29, 1.82) is 0 Å². The van der Waals surface area contributed by atoms with E-state index in [1.165, 1.54) is 6.07 Å². The fourth-order valence-corrected chi connectivity index (χ4v) is 2.34. The number of nitrogens with two attached hydrogens (primary N) is 1. The summed E-state index contributed by atoms with van der Waals surface area (Å²) in [4.78, 5) is 0. The summed E-state index contributed by atoms with van der Waals surface area (Å²) < 4.78 is 37.3. The number of hydrogen-bond acceptors (Lipinski definition) is 3. The molecule has 0 saturated heterocycles. The van der Waals surface area contributed by atoms with Crippen LogP contribution in [0.2, 0.25) is 0 Å². The van der Waals surface area contributed by atoms with E-state index < -0.39 is 6.43 Å². The Hall–Kier alpha value is -1.36. The van der Waals surface area contributed by atoms with E-state index in [9.17, 15) is 8.78 Å². The third-order valence-corrected chi connectivity index (χ3v) is 3.68. The Bertz CT molecular complexity index is 487. The number of alkyl halides is 2. The maximum atomic E-state index is 13.2. The summed E-state index contributed by atoms with van der Waals surface area (Å²) in [5.74, 6) is 0.972. The average Bonchev–Trinajstić information content (AvgIpc) is 3.11. The van der Waals surface area contributed by atoms with Crippen molar-refractivity contribution in [1.82, 2.24) is 0 Å². The second-order valence-electron chi connectivity index (χ2n) is 5.39. The third kappa shape index (κ3) is 2.66. The highest BCUT2D eigenvalue weighted by Crippen LogP contribution is 2.41. The van der Waals surface area contributed by atoms with Crippen molar-refractivity contribution >= 4 is 0 Å². The minimum atomic E-state index is -2.52. The van der Waals surface area contributed by atoms with Gasteiger partial charge in [0, 0.05) is 17.5 Å². The van der Waals surface area contributed by atoms with Crippen LogP contribution < -0.4 is 15.2 Å². The van der Waals surface area contributed by atoms with Crippen molar-refractivity contribution < 1.29 is 18.3 Å². The van der Waals surface area contributed by atoms with Gasteiger partial charge in [-0.3, -0.25) is 0 Å². The van der Waals surface area contributed by atoms with E-state index in [0.717, 1.165) is 19.3 Å². The summed E-state index contributed by atoms with van der Waals surface area (Å²) in [5.41, 5.74) is 6.33. The van der Waals surface area contributed by atoms with E-state index >= 15 is 0 Å². The smallest absolute Gasteiger partial charge is 0.264 e. The highest BCUT2D eigenvalue weighted by Gasteiger charge is 2.39. The number of halogens is 2. The Morgan fingerprint density at radius 1 is 1.16 bits per heavy atom. The first-order valence-electron chi connectivity index (χ1n) is 6.57. The Balaban J connectivity index is 1.98. The molecule has 19 heavy (non-hydrogen) atoms. The van der Waals surface area contributed by atoms with Gasteiger partial charge in [-0.15, -0.1) is 0 Å². The van der Waals surface area contributed by atoms with Crippen LogP contribution in [-0.2, 0) is 6.42 Å². The zero-order valence-corrected chi connectivity index (χ0v) is 10.6. The van der Waals surface area contributed by atoms with Crippen LogP contribution in [0.5, 0.6) is 11.5 Å². The standard InChI is InChI=1S/C14H17F2NO2/c15-13(16)10-7-12-11(18-4-1-5-19-12)6-9(10)8-14(17)2-3-14/h6-7,13H,1-5,8,17H2. The fourth-order valence-electron chi connectivity index (χ4n) is 2.34. The van der Waals surface area contributed by atoms with Crippen LogP contribution in [0.4, 0.5) is 8.78 Å². The molecule has 0 bridgehead atoms. The van der Waals surface area contributed by atoms with Crippen LogP contribution >= 0.6 is 0 Å². The van der Waals surface area contributed by atoms with Crippen LogP contribution in [-0.4, -0.2) is 18.8 Å². The number of ether oxygens (including phenoxy) is 2. The van der Waals surface area contributed by atoms with Crippen LogP contribution in [0, 0.1) is 0 Å². The van der Waals surface area contributed by atoms with Gasteiger partial charge in [0.05, 0.1) is 13.2 Å². The highest BCUT2D eigenvalue weighted by atomic mass is 19.3. The molecule has 0 unspecified atom stereocenters. The fraction of sp³-hybridized carbons (Fsp3) is 0.571. The van der Waals surface area contributed by atoms with Crippen LogP contribution in [0.25, 0.3) is 0 Å². The second kappa shape index (κ2) is 4.63. The lowest BCUT2D eigenvalue weighted by atomic mass is 9.98. The Kier molecular flexibility index (Phi) is 3.09. The Morgan fingerprint density at radius 2 is 1.79 bits per heavy atom. The van der Waals surface area contributed by atoms with E-state index in [0.29, 0.717) is 36.7 Å². The molecule has 0 aromatic heterocycles. The molecule has 0 atom stereocenters. The molecular formula is C14H17F2NO2. The molecule has 0 spiro atoms. The van der Waals surface area contributed by atoms with Gasteiger partial charge in [0.2, 0.25) is 0 Å². The molecule has 1 aromatic rings. The summed E-state index contributed by atoms with van der Waals surface area (Å²) >= 11 is 0. The summed E-state index contributed by atoms with van der Waals surface area (Å²) in [6.45, 7) is 1.05. The minimum absolute atomic E-state index is 0.0148. The molecule has 1 aliphatic carbocycles. The van der Waals surface area contributed by atoms with Crippen molar-refractivity contribution in [3.63, 3.8) is 0 Å². The predicted molar refractivity (Wildman–Crippen MR) is 66.9 cm³/mol. The zero-order chi connectivity index (χ0) is 13.5. The van der Waals surface area contributed by atoms with Gasteiger partial charge < -0.3 is 15.2 Å². The maximum absolute atomic E-state index is 13.2. The SMILES string of the molecule is NC1(Cc2cc3c(cc2C(F)F)OCCCO3)CC1. The second-order valence-corrected chi connectivity index (χ2v) is 5.39. The molecule has 1 aromatic carbocycles. The van der Waals surface area contributed by atoms with Crippen molar-refractivity contribution in [2.45, 2.75) is 37.6 Å². The van der Waals surface area contributed by atoms with Crippen molar-refractivity contribution in [3.8, 4) is 11.5 Å². The molecule has 0 radical (unpaired) electrons. The lowest BCUT2D eigenvalue weighted by Crippen LogP contribution is -2.25. The summed E-state index contributed by atoms with van der Waals surface area (Å²) in [6.07, 6.45) is 0.501. The topological polar surface area (TPSA) is 44.5 Å². The molecule has 2 N–H and O–H groups in total. The third-order valence-electron chi connectivity index (χ3n) is 3.68. The molecule has 1 saturated carbocycles. The van der Waals surface area contributed by atoms with Crippen LogP contribution in [0.1, 0.15) is 36.8 Å². The monoisotopic (exact) mass is 269 g/mol. The molecule has 3 rings (SSSR count). The van der Waals surface area contributed by atoms with Gasteiger partial charge in [-0.25, -0.2) is 8.78 Å². The molecule has 0 amide bonds. The quantitative estimate of drug-likeness (QED) is 0.917. The number of rotatable bonds is 3. The van der Waals surface area contributed by atoms with E-state index in [-0.39, 0.29) is 11.1 Å².